The molecule has 112 valence electrons. The van der Waals surface area contributed by atoms with Crippen molar-refractivity contribution in [3.63, 3.8) is 0 Å². The molecule has 0 amide bonds. The molecule has 0 bridgehead atoms. The van der Waals surface area contributed by atoms with Gasteiger partial charge in [0.25, 0.3) is 6.43 Å². The number of hydrogen-bond acceptors (Lipinski definition) is 3. The van der Waals surface area contributed by atoms with E-state index in [1.54, 1.807) is 12.1 Å². The highest BCUT2D eigenvalue weighted by atomic mass is 19.3. The van der Waals surface area contributed by atoms with Gasteiger partial charge >= 0.3 is 0 Å². The van der Waals surface area contributed by atoms with E-state index in [1.165, 1.54) is 6.07 Å². The lowest BCUT2D eigenvalue weighted by molar-refractivity contribution is 0.148. The van der Waals surface area contributed by atoms with Gasteiger partial charge in [0, 0.05) is 23.5 Å². The van der Waals surface area contributed by atoms with E-state index in [0.717, 1.165) is 25.9 Å². The summed E-state index contributed by atoms with van der Waals surface area (Å²) in [6.45, 7) is 5.04. The molecule has 2 rings (SSSR count). The van der Waals surface area contributed by atoms with Gasteiger partial charge < -0.3 is 16.0 Å². The number of halogens is 2. The van der Waals surface area contributed by atoms with Crippen molar-refractivity contribution in [2.24, 2.45) is 5.41 Å². The zero-order valence-corrected chi connectivity index (χ0v) is 12.1. The van der Waals surface area contributed by atoms with Crippen LogP contribution in [0.15, 0.2) is 18.2 Å². The maximum absolute atomic E-state index is 13.0. The summed E-state index contributed by atoms with van der Waals surface area (Å²) in [6, 6.07) is 4.66. The van der Waals surface area contributed by atoms with E-state index in [-0.39, 0.29) is 11.0 Å². The van der Waals surface area contributed by atoms with Gasteiger partial charge in [0.05, 0.1) is 0 Å². The minimum atomic E-state index is -2.51. The maximum atomic E-state index is 13.0. The normalized spacial score (nSPS) is 19.2. The maximum Gasteiger partial charge on any atom is 0.265 e. The van der Waals surface area contributed by atoms with Crippen LogP contribution in [0.1, 0.15) is 31.8 Å². The molecule has 1 aliphatic heterocycles. The molecule has 20 heavy (non-hydrogen) atoms. The molecule has 1 saturated heterocycles. The van der Waals surface area contributed by atoms with Crippen molar-refractivity contribution in [1.82, 2.24) is 4.90 Å². The standard InChI is InChI=1S/C15H23F2N3/c1-15(5-7-20(2)8-6-15)10-19-13-4-3-11(18)9-12(13)14(16)17/h3-4,9,14,19H,5-8,10,18H2,1-2H3. The molecule has 1 heterocycles. The summed E-state index contributed by atoms with van der Waals surface area (Å²) in [5, 5.41) is 3.19. The van der Waals surface area contributed by atoms with Crippen molar-refractivity contribution in [1.29, 1.82) is 0 Å². The number of alkyl halides is 2. The van der Waals surface area contributed by atoms with Crippen molar-refractivity contribution in [2.45, 2.75) is 26.2 Å². The molecule has 0 radical (unpaired) electrons. The molecule has 0 unspecified atom stereocenters. The van der Waals surface area contributed by atoms with E-state index in [9.17, 15) is 8.78 Å². The number of nitrogens with one attached hydrogen (secondary N) is 1. The molecule has 0 spiro atoms. The minimum absolute atomic E-state index is 0.0125. The number of piperidine rings is 1. The second-order valence-corrected chi connectivity index (χ2v) is 6.11. The second kappa shape index (κ2) is 5.95. The zero-order valence-electron chi connectivity index (χ0n) is 12.1. The van der Waals surface area contributed by atoms with Crippen LogP contribution < -0.4 is 11.1 Å². The third kappa shape index (κ3) is 3.60. The molecule has 1 aliphatic rings. The van der Waals surface area contributed by atoms with Gasteiger partial charge in [0.1, 0.15) is 0 Å². The molecular formula is C15H23F2N3. The number of anilines is 2. The first-order chi connectivity index (χ1) is 9.39. The predicted octanol–water partition coefficient (Wildman–Crippen LogP) is 3.35. The molecule has 0 aromatic heterocycles. The summed E-state index contributed by atoms with van der Waals surface area (Å²) in [6.07, 6.45) is -0.350. The van der Waals surface area contributed by atoms with Crippen LogP contribution in [0.3, 0.4) is 0 Å². The van der Waals surface area contributed by atoms with Crippen molar-refractivity contribution >= 4 is 11.4 Å². The summed E-state index contributed by atoms with van der Waals surface area (Å²) in [4.78, 5) is 2.30. The monoisotopic (exact) mass is 283 g/mol. The van der Waals surface area contributed by atoms with Crippen LogP contribution in [0, 0.1) is 5.41 Å². The van der Waals surface area contributed by atoms with E-state index in [1.807, 2.05) is 0 Å². The largest absolute Gasteiger partial charge is 0.399 e. The molecule has 0 aliphatic carbocycles. The van der Waals surface area contributed by atoms with Gasteiger partial charge in [-0.15, -0.1) is 0 Å². The molecule has 1 aromatic rings. The fourth-order valence-electron chi connectivity index (χ4n) is 2.57. The Kier molecular flexibility index (Phi) is 4.48. The molecular weight excluding hydrogens is 260 g/mol. The average molecular weight is 283 g/mol. The number of likely N-dealkylation sites (tertiary alicyclic amines) is 1. The number of benzene rings is 1. The number of rotatable bonds is 4. The van der Waals surface area contributed by atoms with Crippen molar-refractivity contribution in [2.75, 3.05) is 37.7 Å². The van der Waals surface area contributed by atoms with Crippen LogP contribution in [0.5, 0.6) is 0 Å². The number of hydrogen-bond donors (Lipinski definition) is 2. The Hall–Kier alpha value is -1.36. The van der Waals surface area contributed by atoms with Crippen molar-refractivity contribution in [3.8, 4) is 0 Å². The summed E-state index contributed by atoms with van der Waals surface area (Å²) >= 11 is 0. The van der Waals surface area contributed by atoms with Crippen molar-refractivity contribution < 1.29 is 8.78 Å². The van der Waals surface area contributed by atoms with E-state index in [2.05, 4.69) is 24.2 Å². The van der Waals surface area contributed by atoms with Gasteiger partial charge in [-0.3, -0.25) is 0 Å². The fraction of sp³-hybridized carbons (Fsp3) is 0.600. The average Bonchev–Trinajstić information content (AvgIpc) is 2.41. The van der Waals surface area contributed by atoms with Crippen LogP contribution in [-0.4, -0.2) is 31.6 Å². The van der Waals surface area contributed by atoms with Gasteiger partial charge in [0.15, 0.2) is 0 Å². The quantitative estimate of drug-likeness (QED) is 0.833. The van der Waals surface area contributed by atoms with Crippen LogP contribution in [0.25, 0.3) is 0 Å². The first-order valence-corrected chi connectivity index (χ1v) is 7.00. The SMILES string of the molecule is CN1CCC(C)(CNc2ccc(N)cc2C(F)F)CC1. The van der Waals surface area contributed by atoms with Gasteiger partial charge in [-0.25, -0.2) is 8.78 Å². The number of nitrogens with zero attached hydrogens (tertiary/aromatic N) is 1. The Labute approximate surface area is 119 Å². The first-order valence-electron chi connectivity index (χ1n) is 7.00. The number of nitrogens with two attached hydrogens (primary N) is 1. The van der Waals surface area contributed by atoms with Crippen LogP contribution >= 0.6 is 0 Å². The fourth-order valence-corrected chi connectivity index (χ4v) is 2.57. The highest BCUT2D eigenvalue weighted by molar-refractivity contribution is 5.58. The Morgan fingerprint density at radius 1 is 1.35 bits per heavy atom. The molecule has 1 fully saturated rings. The topological polar surface area (TPSA) is 41.3 Å². The Morgan fingerprint density at radius 3 is 2.60 bits per heavy atom. The lowest BCUT2D eigenvalue weighted by Gasteiger charge is -2.38. The predicted molar refractivity (Wildman–Crippen MR) is 79.1 cm³/mol. The summed E-state index contributed by atoms with van der Waals surface area (Å²) in [5.74, 6) is 0. The second-order valence-electron chi connectivity index (χ2n) is 6.11. The van der Waals surface area contributed by atoms with E-state index in [4.69, 9.17) is 5.73 Å². The van der Waals surface area contributed by atoms with Crippen LogP contribution in [0.2, 0.25) is 0 Å². The zero-order chi connectivity index (χ0) is 14.8. The summed E-state index contributed by atoms with van der Waals surface area (Å²) in [7, 11) is 2.11. The van der Waals surface area contributed by atoms with E-state index < -0.39 is 6.43 Å². The van der Waals surface area contributed by atoms with Crippen LogP contribution in [-0.2, 0) is 0 Å². The lowest BCUT2D eigenvalue weighted by atomic mass is 9.80. The lowest BCUT2D eigenvalue weighted by Crippen LogP contribution is -2.40. The van der Waals surface area contributed by atoms with Crippen LogP contribution in [0.4, 0.5) is 20.2 Å². The smallest absolute Gasteiger partial charge is 0.265 e. The van der Waals surface area contributed by atoms with E-state index in [0.29, 0.717) is 17.9 Å². The Morgan fingerprint density at radius 2 is 2.00 bits per heavy atom. The Bertz CT molecular complexity index is 454. The van der Waals surface area contributed by atoms with Gasteiger partial charge in [-0.05, 0) is 56.6 Å². The van der Waals surface area contributed by atoms with E-state index >= 15 is 0 Å². The molecule has 3 N–H and O–H groups in total. The highest BCUT2D eigenvalue weighted by Crippen LogP contribution is 2.33. The minimum Gasteiger partial charge on any atom is -0.399 e. The third-order valence-corrected chi connectivity index (χ3v) is 4.21. The van der Waals surface area contributed by atoms with Crippen molar-refractivity contribution in [3.05, 3.63) is 23.8 Å². The summed E-state index contributed by atoms with van der Waals surface area (Å²) in [5.41, 5.74) is 6.59. The first kappa shape index (κ1) is 15.0. The highest BCUT2D eigenvalue weighted by Gasteiger charge is 2.29. The number of nitrogen functional groups attached to an aromatic ring is 1. The molecule has 0 saturated carbocycles. The van der Waals surface area contributed by atoms with Gasteiger partial charge in [0.2, 0.25) is 0 Å². The molecule has 0 atom stereocenters. The molecule has 1 aromatic carbocycles. The Balaban J connectivity index is 2.03. The van der Waals surface area contributed by atoms with Gasteiger partial charge in [-0.1, -0.05) is 6.92 Å². The molecule has 3 nitrogen and oxygen atoms in total. The molecule has 5 heteroatoms. The third-order valence-electron chi connectivity index (χ3n) is 4.21. The summed E-state index contributed by atoms with van der Waals surface area (Å²) < 4.78 is 26.0. The van der Waals surface area contributed by atoms with Gasteiger partial charge in [-0.2, -0.15) is 0 Å².